The third-order valence-electron chi connectivity index (χ3n) is 3.17. The van der Waals surface area contributed by atoms with Gasteiger partial charge in [0.05, 0.1) is 18.1 Å². The van der Waals surface area contributed by atoms with Gasteiger partial charge in [0, 0.05) is 32.2 Å². The molecule has 2 N–H and O–H groups in total. The average molecular weight is 261 g/mol. The first-order chi connectivity index (χ1) is 8.05. The molecule has 0 aromatic rings. The summed E-state index contributed by atoms with van der Waals surface area (Å²) < 4.78 is 22.5. The number of amides is 1. The quantitative estimate of drug-likeness (QED) is 0.626. The predicted octanol–water partition coefficient (Wildman–Crippen LogP) is -1.81. The van der Waals surface area contributed by atoms with Gasteiger partial charge in [-0.1, -0.05) is 0 Å². The Balaban J connectivity index is 1.74. The van der Waals surface area contributed by atoms with E-state index >= 15 is 0 Å². The van der Waals surface area contributed by atoms with E-state index in [1.165, 1.54) is 0 Å². The van der Waals surface area contributed by atoms with Gasteiger partial charge in [0.2, 0.25) is 5.91 Å². The standard InChI is InChI=1S/C10H19N3O3S/c14-10(7-13-4-2-11-3-5-13)12-9-1-6-17(15,16)8-9/h9,11H,1-8H2,(H,12,14)/t9-/m1/s1. The van der Waals surface area contributed by atoms with Crippen LogP contribution < -0.4 is 10.6 Å². The van der Waals surface area contributed by atoms with Crippen LogP contribution in [0.3, 0.4) is 0 Å². The monoisotopic (exact) mass is 261 g/mol. The Morgan fingerprint density at radius 3 is 2.65 bits per heavy atom. The van der Waals surface area contributed by atoms with Gasteiger partial charge in [-0.15, -0.1) is 0 Å². The van der Waals surface area contributed by atoms with Crippen molar-refractivity contribution in [3.63, 3.8) is 0 Å². The van der Waals surface area contributed by atoms with E-state index in [1.807, 2.05) is 0 Å². The van der Waals surface area contributed by atoms with Crippen molar-refractivity contribution >= 4 is 15.7 Å². The number of piperazine rings is 1. The largest absolute Gasteiger partial charge is 0.351 e. The molecular formula is C10H19N3O3S. The van der Waals surface area contributed by atoms with Gasteiger partial charge in [-0.3, -0.25) is 9.69 Å². The number of carbonyl (C=O) groups is 1. The average Bonchev–Trinajstić information content (AvgIpc) is 2.59. The minimum Gasteiger partial charge on any atom is -0.351 e. The van der Waals surface area contributed by atoms with Crippen LogP contribution >= 0.6 is 0 Å². The van der Waals surface area contributed by atoms with Crippen LogP contribution in [0.25, 0.3) is 0 Å². The fourth-order valence-electron chi connectivity index (χ4n) is 2.25. The summed E-state index contributed by atoms with van der Waals surface area (Å²) in [5.41, 5.74) is 0. The number of carbonyl (C=O) groups excluding carboxylic acids is 1. The second-order valence-corrected chi connectivity index (χ2v) is 6.92. The molecule has 2 aliphatic rings. The molecule has 2 heterocycles. The molecule has 2 aliphatic heterocycles. The molecule has 98 valence electrons. The van der Waals surface area contributed by atoms with Gasteiger partial charge >= 0.3 is 0 Å². The van der Waals surface area contributed by atoms with Gasteiger partial charge in [0.15, 0.2) is 9.84 Å². The predicted molar refractivity (Wildman–Crippen MR) is 64.5 cm³/mol. The van der Waals surface area contributed by atoms with E-state index in [0.29, 0.717) is 13.0 Å². The minimum atomic E-state index is -2.91. The fourth-order valence-corrected chi connectivity index (χ4v) is 3.93. The van der Waals surface area contributed by atoms with E-state index in [-0.39, 0.29) is 23.5 Å². The van der Waals surface area contributed by atoms with Crippen LogP contribution in [0.15, 0.2) is 0 Å². The normalized spacial score (nSPS) is 29.1. The Kier molecular flexibility index (Phi) is 4.01. The molecule has 17 heavy (non-hydrogen) atoms. The molecule has 0 radical (unpaired) electrons. The molecule has 2 fully saturated rings. The zero-order chi connectivity index (χ0) is 12.3. The summed E-state index contributed by atoms with van der Waals surface area (Å²) in [6.45, 7) is 3.93. The summed E-state index contributed by atoms with van der Waals surface area (Å²) in [4.78, 5) is 13.8. The van der Waals surface area contributed by atoms with E-state index in [9.17, 15) is 13.2 Å². The number of rotatable bonds is 3. The molecule has 6 nitrogen and oxygen atoms in total. The molecule has 2 rings (SSSR count). The van der Waals surface area contributed by atoms with E-state index < -0.39 is 9.84 Å². The maximum absolute atomic E-state index is 11.7. The van der Waals surface area contributed by atoms with Crippen molar-refractivity contribution in [3.8, 4) is 0 Å². The van der Waals surface area contributed by atoms with Gasteiger partial charge in [-0.05, 0) is 6.42 Å². The molecular weight excluding hydrogens is 242 g/mol. The summed E-state index contributed by atoms with van der Waals surface area (Å²) >= 11 is 0. The second-order valence-electron chi connectivity index (χ2n) is 4.69. The first kappa shape index (κ1) is 12.8. The van der Waals surface area contributed by atoms with Crippen LogP contribution in [0.2, 0.25) is 0 Å². The molecule has 0 spiro atoms. The third-order valence-corrected chi connectivity index (χ3v) is 4.94. The smallest absolute Gasteiger partial charge is 0.234 e. The number of nitrogens with zero attached hydrogens (tertiary/aromatic N) is 1. The zero-order valence-electron chi connectivity index (χ0n) is 9.81. The summed E-state index contributed by atoms with van der Waals surface area (Å²) in [5.74, 6) is 0.236. The lowest BCUT2D eigenvalue weighted by Gasteiger charge is -2.26. The molecule has 1 atom stereocenters. The molecule has 7 heteroatoms. The van der Waals surface area contributed by atoms with Gasteiger partial charge in [-0.2, -0.15) is 0 Å². The fraction of sp³-hybridized carbons (Fsp3) is 0.900. The van der Waals surface area contributed by atoms with Crippen LogP contribution in [0.5, 0.6) is 0 Å². The number of nitrogens with one attached hydrogen (secondary N) is 2. The lowest BCUT2D eigenvalue weighted by atomic mass is 10.2. The van der Waals surface area contributed by atoms with Crippen molar-refractivity contribution < 1.29 is 13.2 Å². The summed E-state index contributed by atoms with van der Waals surface area (Å²) in [6, 6.07) is -0.185. The highest BCUT2D eigenvalue weighted by Crippen LogP contribution is 2.11. The van der Waals surface area contributed by atoms with Crippen molar-refractivity contribution in [2.24, 2.45) is 0 Å². The summed E-state index contributed by atoms with van der Waals surface area (Å²) in [7, 11) is -2.91. The van der Waals surface area contributed by atoms with Gasteiger partial charge in [-0.25, -0.2) is 8.42 Å². The molecule has 2 saturated heterocycles. The summed E-state index contributed by atoms with van der Waals surface area (Å²) in [5, 5.41) is 6.02. The highest BCUT2D eigenvalue weighted by Gasteiger charge is 2.29. The lowest BCUT2D eigenvalue weighted by Crippen LogP contribution is -2.49. The van der Waals surface area contributed by atoms with Crippen LogP contribution in [-0.4, -0.2) is 69.5 Å². The first-order valence-corrected chi connectivity index (χ1v) is 7.80. The number of hydrogen-bond acceptors (Lipinski definition) is 5. The van der Waals surface area contributed by atoms with Gasteiger partial charge in [0.1, 0.15) is 0 Å². The van der Waals surface area contributed by atoms with Crippen molar-refractivity contribution in [3.05, 3.63) is 0 Å². The Hall–Kier alpha value is -0.660. The van der Waals surface area contributed by atoms with Gasteiger partial charge in [0.25, 0.3) is 0 Å². The Morgan fingerprint density at radius 1 is 1.35 bits per heavy atom. The summed E-state index contributed by atoms with van der Waals surface area (Å²) in [6.07, 6.45) is 0.551. The van der Waals surface area contributed by atoms with E-state index in [0.717, 1.165) is 26.2 Å². The molecule has 0 unspecified atom stereocenters. The van der Waals surface area contributed by atoms with E-state index in [2.05, 4.69) is 15.5 Å². The maximum Gasteiger partial charge on any atom is 0.234 e. The highest BCUT2D eigenvalue weighted by atomic mass is 32.2. The van der Waals surface area contributed by atoms with Crippen molar-refractivity contribution in [1.82, 2.24) is 15.5 Å². The van der Waals surface area contributed by atoms with Gasteiger partial charge < -0.3 is 10.6 Å². The maximum atomic E-state index is 11.7. The molecule has 0 aromatic carbocycles. The molecule has 1 amide bonds. The molecule has 0 saturated carbocycles. The third kappa shape index (κ3) is 3.93. The zero-order valence-corrected chi connectivity index (χ0v) is 10.6. The van der Waals surface area contributed by atoms with Crippen LogP contribution in [0, 0.1) is 0 Å². The molecule has 0 aromatic heterocycles. The van der Waals surface area contributed by atoms with E-state index in [4.69, 9.17) is 0 Å². The van der Waals surface area contributed by atoms with Crippen LogP contribution in [-0.2, 0) is 14.6 Å². The highest BCUT2D eigenvalue weighted by molar-refractivity contribution is 7.91. The Morgan fingerprint density at radius 2 is 2.06 bits per heavy atom. The van der Waals surface area contributed by atoms with E-state index in [1.54, 1.807) is 0 Å². The van der Waals surface area contributed by atoms with Crippen molar-refractivity contribution in [2.45, 2.75) is 12.5 Å². The topological polar surface area (TPSA) is 78.5 Å². The first-order valence-electron chi connectivity index (χ1n) is 5.98. The number of hydrogen-bond donors (Lipinski definition) is 2. The Labute approximate surface area is 102 Å². The lowest BCUT2D eigenvalue weighted by molar-refractivity contribution is -0.122. The minimum absolute atomic E-state index is 0.0611. The molecule has 0 aliphatic carbocycles. The van der Waals surface area contributed by atoms with Crippen LogP contribution in [0.4, 0.5) is 0 Å². The SMILES string of the molecule is O=C(CN1CCNCC1)N[C@@H]1CCS(=O)(=O)C1. The van der Waals surface area contributed by atoms with Crippen LogP contribution in [0.1, 0.15) is 6.42 Å². The van der Waals surface area contributed by atoms with Crippen molar-refractivity contribution in [2.75, 3.05) is 44.2 Å². The van der Waals surface area contributed by atoms with Crippen molar-refractivity contribution in [1.29, 1.82) is 0 Å². The second kappa shape index (κ2) is 5.32. The molecule has 0 bridgehead atoms. The Bertz CT molecular complexity index is 376. The number of sulfone groups is 1.